The van der Waals surface area contributed by atoms with E-state index in [1.165, 1.54) is 18.0 Å². The van der Waals surface area contributed by atoms with Gasteiger partial charge < -0.3 is 19.7 Å². The van der Waals surface area contributed by atoms with Crippen molar-refractivity contribution in [1.82, 2.24) is 34.8 Å². The summed E-state index contributed by atoms with van der Waals surface area (Å²) in [6, 6.07) is 19.6. The molecule has 14 heteroatoms. The Balaban J connectivity index is 1.05. The molecule has 2 fully saturated rings. The number of hydrogen-bond donors (Lipinski definition) is 2. The summed E-state index contributed by atoms with van der Waals surface area (Å²) >= 11 is 0. The molecule has 3 atom stereocenters. The lowest BCUT2D eigenvalue weighted by Crippen LogP contribution is -2.43. The van der Waals surface area contributed by atoms with Gasteiger partial charge in [0.25, 0.3) is 5.91 Å². The number of likely N-dealkylation sites (N-methyl/N-ethyl adjacent to an activating group) is 1. The Morgan fingerprint density at radius 1 is 1.10 bits per heavy atom. The van der Waals surface area contributed by atoms with E-state index in [1.54, 1.807) is 64.6 Å². The van der Waals surface area contributed by atoms with E-state index in [-0.39, 0.29) is 18.5 Å². The Labute approximate surface area is 280 Å². The maximum absolute atomic E-state index is 15.4. The number of amides is 3. The van der Waals surface area contributed by atoms with Crippen molar-refractivity contribution >= 4 is 23.8 Å². The fourth-order valence-electron chi connectivity index (χ4n) is 6.50. The van der Waals surface area contributed by atoms with E-state index >= 15 is 4.39 Å². The molecule has 4 heterocycles. The number of benzene rings is 3. The number of halogens is 1. The molecule has 5 aromatic rings. The number of carbonyl (C=O) groups excluding carboxylic acids is 2. The summed E-state index contributed by atoms with van der Waals surface area (Å²) in [5.41, 5.74) is 3.58. The second kappa shape index (κ2) is 13.2. The Kier molecular flexibility index (Phi) is 8.51. The first-order chi connectivity index (χ1) is 23.8. The zero-order chi connectivity index (χ0) is 34.1. The number of ether oxygens (including phenoxy) is 1. The summed E-state index contributed by atoms with van der Waals surface area (Å²) in [6.07, 6.45) is 4.19. The van der Waals surface area contributed by atoms with E-state index in [2.05, 4.69) is 20.3 Å². The van der Waals surface area contributed by atoms with E-state index in [0.717, 1.165) is 22.6 Å². The van der Waals surface area contributed by atoms with Crippen LogP contribution in [0, 0.1) is 5.82 Å². The van der Waals surface area contributed by atoms with E-state index in [0.29, 0.717) is 47.7 Å². The van der Waals surface area contributed by atoms with Crippen LogP contribution in [-0.4, -0.2) is 84.2 Å². The Morgan fingerprint density at radius 3 is 2.59 bits per heavy atom. The van der Waals surface area contributed by atoms with Gasteiger partial charge in [0.15, 0.2) is 0 Å². The Hall–Kier alpha value is -6.05. The largest absolute Gasteiger partial charge is 0.465 e. The highest BCUT2D eigenvalue weighted by atomic mass is 19.1. The minimum Gasteiger partial charge on any atom is -0.465 e. The number of rotatable bonds is 9. The molecule has 2 N–H and O–H groups in total. The second-order valence-corrected chi connectivity index (χ2v) is 12.1. The third-order valence-electron chi connectivity index (χ3n) is 8.99. The van der Waals surface area contributed by atoms with Crippen LogP contribution in [0.25, 0.3) is 22.4 Å². The van der Waals surface area contributed by atoms with Gasteiger partial charge in [0.2, 0.25) is 0 Å². The van der Waals surface area contributed by atoms with Gasteiger partial charge in [0.05, 0.1) is 42.9 Å². The van der Waals surface area contributed by atoms with Gasteiger partial charge >= 0.3 is 12.2 Å². The van der Waals surface area contributed by atoms with Crippen LogP contribution in [0.15, 0.2) is 91.4 Å². The monoisotopic (exact) mass is 664 g/mol. The number of likely N-dealkylation sites (tertiary alicyclic amines) is 1. The van der Waals surface area contributed by atoms with Crippen LogP contribution in [0.1, 0.15) is 36.3 Å². The molecule has 0 bridgehead atoms. The van der Waals surface area contributed by atoms with Gasteiger partial charge in [0, 0.05) is 25.4 Å². The first kappa shape index (κ1) is 31.5. The van der Waals surface area contributed by atoms with Crippen LogP contribution in [-0.2, 0) is 16.1 Å². The molecule has 2 aliphatic heterocycles. The summed E-state index contributed by atoms with van der Waals surface area (Å²) in [7, 11) is 1.40. The molecule has 2 aliphatic rings. The third-order valence-corrected chi connectivity index (χ3v) is 8.99. The van der Waals surface area contributed by atoms with Gasteiger partial charge in [-0.15, -0.1) is 5.10 Å². The molecule has 7 rings (SSSR count). The van der Waals surface area contributed by atoms with Crippen LogP contribution < -0.4 is 4.90 Å². The highest BCUT2D eigenvalue weighted by Crippen LogP contribution is 2.36. The molecule has 49 heavy (non-hydrogen) atoms. The zero-order valence-corrected chi connectivity index (χ0v) is 26.5. The van der Waals surface area contributed by atoms with Crippen LogP contribution in [0.2, 0.25) is 0 Å². The molecule has 0 spiro atoms. The maximum Gasteiger partial charge on any atom is 0.414 e. The molecular formula is C35H33FN8O5. The van der Waals surface area contributed by atoms with Crippen molar-refractivity contribution in [2.75, 3.05) is 25.0 Å². The molecular weight excluding hydrogens is 631 g/mol. The number of anilines is 1. The third kappa shape index (κ3) is 6.32. The van der Waals surface area contributed by atoms with E-state index in [1.807, 2.05) is 30.3 Å². The summed E-state index contributed by atoms with van der Waals surface area (Å²) in [4.78, 5) is 50.4. The van der Waals surface area contributed by atoms with Crippen LogP contribution in [0.3, 0.4) is 0 Å². The Bertz CT molecular complexity index is 1970. The summed E-state index contributed by atoms with van der Waals surface area (Å²) in [5, 5.41) is 17.4. The maximum atomic E-state index is 15.4. The predicted molar refractivity (Wildman–Crippen MR) is 176 cm³/mol. The minimum absolute atomic E-state index is 0.262. The number of carbonyl (C=O) groups is 3. The van der Waals surface area contributed by atoms with Crippen molar-refractivity contribution in [3.05, 3.63) is 109 Å². The van der Waals surface area contributed by atoms with Crippen molar-refractivity contribution < 1.29 is 28.6 Å². The van der Waals surface area contributed by atoms with Crippen molar-refractivity contribution in [2.24, 2.45) is 0 Å². The SMILES string of the molecule is CN(C(=O)O)[C@H](C(=O)N1CCC[C@H]1c1ncc(-c2ccc(-c3ccc(N4C[C@H](Cn5ccnn5)OC4=O)cc3F)cc2)[nH]1)c1ccccc1. The van der Waals surface area contributed by atoms with Gasteiger partial charge in [-0.05, 0) is 47.7 Å². The van der Waals surface area contributed by atoms with Crippen molar-refractivity contribution in [2.45, 2.75) is 37.6 Å². The van der Waals surface area contributed by atoms with Crippen LogP contribution >= 0.6 is 0 Å². The molecule has 0 radical (unpaired) electrons. The lowest BCUT2D eigenvalue weighted by atomic mass is 10.0. The number of cyclic esters (lactones) is 1. The fourth-order valence-corrected chi connectivity index (χ4v) is 6.50. The number of imidazole rings is 1. The van der Waals surface area contributed by atoms with Gasteiger partial charge in [-0.25, -0.2) is 23.6 Å². The average molecular weight is 665 g/mol. The molecule has 250 valence electrons. The van der Waals surface area contributed by atoms with E-state index in [4.69, 9.17) is 4.74 Å². The second-order valence-electron chi connectivity index (χ2n) is 12.1. The zero-order valence-electron chi connectivity index (χ0n) is 26.5. The van der Waals surface area contributed by atoms with Crippen LogP contribution in [0.4, 0.5) is 19.7 Å². The topological polar surface area (TPSA) is 150 Å². The highest BCUT2D eigenvalue weighted by Gasteiger charge is 2.39. The van der Waals surface area contributed by atoms with E-state index < -0.39 is 30.1 Å². The number of hydrogen-bond acceptors (Lipinski definition) is 7. The number of H-pyrrole nitrogens is 1. The lowest BCUT2D eigenvalue weighted by molar-refractivity contribution is -0.137. The first-order valence-corrected chi connectivity index (χ1v) is 15.9. The minimum atomic E-state index is -1.19. The van der Waals surface area contributed by atoms with Gasteiger partial charge in [-0.2, -0.15) is 0 Å². The average Bonchev–Trinajstić information content (AvgIpc) is 3.94. The molecule has 3 amide bonds. The standard InChI is InChI=1S/C35H33FN8O5/c1-41(34(46)47)31(24-6-3-2-4-7-24)33(45)43-16-5-8-30(43)32-37-19-29(39-32)23-11-9-22(10-12-23)27-14-13-25(18-28(27)36)44-21-26(49-35(44)48)20-42-17-15-38-40-42/h2-4,6-7,9-15,17-19,26,30-31H,5,8,16,20-21H2,1H3,(H,37,39)(H,46,47)/t26-,30-,31-/m0/s1. The number of nitrogens with one attached hydrogen (secondary N) is 1. The van der Waals surface area contributed by atoms with Crippen LogP contribution in [0.5, 0.6) is 0 Å². The molecule has 13 nitrogen and oxygen atoms in total. The lowest BCUT2D eigenvalue weighted by Gasteiger charge is -2.32. The predicted octanol–water partition coefficient (Wildman–Crippen LogP) is 5.51. The molecule has 0 unspecified atom stereocenters. The van der Waals surface area contributed by atoms with Crippen molar-refractivity contribution in [3.63, 3.8) is 0 Å². The first-order valence-electron chi connectivity index (χ1n) is 15.9. The highest BCUT2D eigenvalue weighted by molar-refractivity contribution is 5.90. The fraction of sp³-hybridized carbons (Fsp3) is 0.257. The molecule has 0 aliphatic carbocycles. The molecule has 0 saturated carbocycles. The summed E-state index contributed by atoms with van der Waals surface area (Å²) < 4.78 is 22.4. The molecule has 2 aromatic heterocycles. The molecule has 3 aromatic carbocycles. The Morgan fingerprint density at radius 2 is 1.88 bits per heavy atom. The summed E-state index contributed by atoms with van der Waals surface area (Å²) in [5.74, 6) is -0.169. The van der Waals surface area contributed by atoms with Gasteiger partial charge in [-0.1, -0.05) is 59.8 Å². The van der Waals surface area contributed by atoms with Crippen molar-refractivity contribution in [3.8, 4) is 22.4 Å². The number of aromatic nitrogens is 5. The summed E-state index contributed by atoms with van der Waals surface area (Å²) in [6.45, 7) is 1.10. The quantitative estimate of drug-likeness (QED) is 0.209. The number of carboxylic acid groups (broad SMARTS) is 1. The van der Waals surface area contributed by atoms with E-state index in [9.17, 15) is 19.5 Å². The number of nitrogens with zero attached hydrogens (tertiary/aromatic N) is 7. The van der Waals surface area contributed by atoms with Gasteiger partial charge in [-0.3, -0.25) is 14.6 Å². The number of aromatic amines is 1. The van der Waals surface area contributed by atoms with Gasteiger partial charge in [0.1, 0.15) is 23.8 Å². The normalized spacial score (nSPS) is 18.0. The molecule has 2 saturated heterocycles. The smallest absolute Gasteiger partial charge is 0.414 e. The van der Waals surface area contributed by atoms with Crippen molar-refractivity contribution in [1.29, 1.82) is 0 Å².